The first kappa shape index (κ1) is 22.9. The van der Waals surface area contributed by atoms with Gasteiger partial charge in [-0.3, -0.25) is 4.90 Å². The number of nitrogens with zero attached hydrogens (tertiary/aromatic N) is 3. The second kappa shape index (κ2) is 9.07. The van der Waals surface area contributed by atoms with E-state index in [0.717, 1.165) is 33.6 Å². The summed E-state index contributed by atoms with van der Waals surface area (Å²) >= 11 is 5.85. The SMILES string of the molecule is CC1=C(c2nc(-c3ccc(F)cc3)no2)C(c2ccc(C)cc2)NC(=S)N1c1cc(C)cc(C)c1. The number of thiocarbonyl (C=S) groups is 1. The number of hydrogen-bond acceptors (Lipinski definition) is 4. The van der Waals surface area contributed by atoms with Crippen LogP contribution in [0.25, 0.3) is 17.0 Å². The van der Waals surface area contributed by atoms with E-state index in [1.54, 1.807) is 12.1 Å². The van der Waals surface area contributed by atoms with Crippen molar-refractivity contribution in [1.29, 1.82) is 0 Å². The number of nitrogens with one attached hydrogen (secondary N) is 1. The third-order valence-electron chi connectivity index (χ3n) is 6.12. The van der Waals surface area contributed by atoms with Crippen molar-refractivity contribution in [3.63, 3.8) is 0 Å². The minimum Gasteiger partial charge on any atom is -0.351 e. The van der Waals surface area contributed by atoms with Gasteiger partial charge in [0.2, 0.25) is 5.82 Å². The summed E-state index contributed by atoms with van der Waals surface area (Å²) in [4.78, 5) is 6.71. The fourth-order valence-corrected chi connectivity index (χ4v) is 4.83. The summed E-state index contributed by atoms with van der Waals surface area (Å²) in [6, 6.07) is 20.4. The normalized spacial score (nSPS) is 16.0. The second-order valence-electron chi connectivity index (χ2n) is 8.90. The molecule has 1 aliphatic heterocycles. The van der Waals surface area contributed by atoms with Gasteiger partial charge in [-0.25, -0.2) is 4.39 Å². The van der Waals surface area contributed by atoms with Crippen molar-refractivity contribution in [3.8, 4) is 11.4 Å². The van der Waals surface area contributed by atoms with Crippen molar-refractivity contribution >= 4 is 28.6 Å². The van der Waals surface area contributed by atoms with E-state index in [-0.39, 0.29) is 11.9 Å². The van der Waals surface area contributed by atoms with Crippen LogP contribution in [0.2, 0.25) is 0 Å². The van der Waals surface area contributed by atoms with E-state index in [1.165, 1.54) is 17.7 Å². The Hall–Kier alpha value is -3.84. The van der Waals surface area contributed by atoms with Crippen LogP contribution < -0.4 is 10.2 Å². The predicted octanol–water partition coefficient (Wildman–Crippen LogP) is 6.67. The van der Waals surface area contributed by atoms with Crippen molar-refractivity contribution in [1.82, 2.24) is 15.5 Å². The lowest BCUT2D eigenvalue weighted by molar-refractivity contribution is 0.404. The van der Waals surface area contributed by atoms with Gasteiger partial charge in [0.05, 0.1) is 11.6 Å². The molecule has 0 amide bonds. The maximum absolute atomic E-state index is 13.4. The number of benzene rings is 3. The number of aryl methyl sites for hydroxylation is 3. The fourth-order valence-electron chi connectivity index (χ4n) is 4.47. The molecule has 0 radical (unpaired) electrons. The zero-order chi connectivity index (χ0) is 24.7. The number of halogens is 1. The summed E-state index contributed by atoms with van der Waals surface area (Å²) in [7, 11) is 0. The maximum Gasteiger partial charge on any atom is 0.258 e. The number of anilines is 1. The third-order valence-corrected chi connectivity index (χ3v) is 6.42. The van der Waals surface area contributed by atoms with Gasteiger partial charge in [0.15, 0.2) is 5.11 Å². The Kier molecular flexibility index (Phi) is 5.94. The molecule has 0 saturated carbocycles. The summed E-state index contributed by atoms with van der Waals surface area (Å²) in [5, 5.41) is 8.29. The van der Waals surface area contributed by atoms with E-state index in [4.69, 9.17) is 21.7 Å². The molecule has 35 heavy (non-hydrogen) atoms. The monoisotopic (exact) mass is 484 g/mol. The first-order valence-electron chi connectivity index (χ1n) is 11.4. The van der Waals surface area contributed by atoms with Crippen LogP contribution in [0.3, 0.4) is 0 Å². The Labute approximate surface area is 209 Å². The molecule has 2 heterocycles. The van der Waals surface area contributed by atoms with Gasteiger partial charge in [-0.15, -0.1) is 0 Å². The van der Waals surface area contributed by atoms with E-state index >= 15 is 0 Å². The van der Waals surface area contributed by atoms with Crippen molar-refractivity contribution in [2.75, 3.05) is 4.90 Å². The first-order valence-corrected chi connectivity index (χ1v) is 11.8. The van der Waals surface area contributed by atoms with Gasteiger partial charge in [0, 0.05) is 16.9 Å². The average Bonchev–Trinajstić information content (AvgIpc) is 3.29. The molecule has 176 valence electrons. The zero-order valence-corrected chi connectivity index (χ0v) is 20.8. The topological polar surface area (TPSA) is 54.2 Å². The lowest BCUT2D eigenvalue weighted by atomic mass is 9.94. The van der Waals surface area contributed by atoms with Crippen molar-refractivity contribution in [2.24, 2.45) is 0 Å². The first-order chi connectivity index (χ1) is 16.8. The molecule has 7 heteroatoms. The second-order valence-corrected chi connectivity index (χ2v) is 9.29. The molecule has 0 saturated heterocycles. The molecular formula is C28H25FN4OS. The van der Waals surface area contributed by atoms with Crippen LogP contribution in [0.15, 0.2) is 77.0 Å². The Bertz CT molecular complexity index is 1420. The van der Waals surface area contributed by atoms with Gasteiger partial charge in [-0.2, -0.15) is 4.98 Å². The molecular weight excluding hydrogens is 459 g/mol. The molecule has 5 nitrogen and oxygen atoms in total. The molecule has 1 N–H and O–H groups in total. The molecule has 0 aliphatic carbocycles. The molecule has 1 atom stereocenters. The van der Waals surface area contributed by atoms with Crippen LogP contribution in [0.5, 0.6) is 0 Å². The van der Waals surface area contributed by atoms with Crippen molar-refractivity contribution in [2.45, 2.75) is 33.7 Å². The number of hydrogen-bond donors (Lipinski definition) is 1. The van der Waals surface area contributed by atoms with Gasteiger partial charge in [-0.1, -0.05) is 41.1 Å². The van der Waals surface area contributed by atoms with E-state index in [0.29, 0.717) is 22.4 Å². The number of rotatable bonds is 4. The van der Waals surface area contributed by atoms with Crippen molar-refractivity contribution in [3.05, 3.63) is 106 Å². The lowest BCUT2D eigenvalue weighted by Gasteiger charge is -2.37. The van der Waals surface area contributed by atoms with E-state index in [2.05, 4.69) is 73.7 Å². The van der Waals surface area contributed by atoms with Gasteiger partial charge in [0.25, 0.3) is 5.89 Å². The predicted molar refractivity (Wildman–Crippen MR) is 140 cm³/mol. The zero-order valence-electron chi connectivity index (χ0n) is 20.0. The molecule has 3 aromatic carbocycles. The summed E-state index contributed by atoms with van der Waals surface area (Å²) < 4.78 is 19.2. The largest absolute Gasteiger partial charge is 0.351 e. The van der Waals surface area contributed by atoms with Crippen LogP contribution in [-0.4, -0.2) is 15.3 Å². The highest BCUT2D eigenvalue weighted by molar-refractivity contribution is 7.80. The molecule has 5 rings (SSSR count). The van der Waals surface area contributed by atoms with Crippen LogP contribution in [0, 0.1) is 26.6 Å². The lowest BCUT2D eigenvalue weighted by Crippen LogP contribution is -2.46. The molecule has 1 unspecified atom stereocenters. The Morgan fingerprint density at radius 3 is 2.20 bits per heavy atom. The fraction of sp³-hybridized carbons (Fsp3) is 0.179. The highest BCUT2D eigenvalue weighted by Crippen LogP contribution is 2.39. The van der Waals surface area contributed by atoms with Crippen LogP contribution in [-0.2, 0) is 0 Å². The van der Waals surface area contributed by atoms with Crippen LogP contribution in [0.4, 0.5) is 10.1 Å². The minimum atomic E-state index is -0.315. The van der Waals surface area contributed by atoms with E-state index in [1.807, 2.05) is 11.8 Å². The minimum absolute atomic E-state index is 0.272. The summed E-state index contributed by atoms with van der Waals surface area (Å²) in [5.74, 6) is 0.468. The van der Waals surface area contributed by atoms with Crippen LogP contribution in [0.1, 0.15) is 41.1 Å². The Morgan fingerprint density at radius 1 is 0.886 bits per heavy atom. The summed E-state index contributed by atoms with van der Waals surface area (Å²) in [6.07, 6.45) is 0. The van der Waals surface area contributed by atoms with E-state index in [9.17, 15) is 4.39 Å². The Morgan fingerprint density at radius 2 is 1.54 bits per heavy atom. The van der Waals surface area contributed by atoms with Gasteiger partial charge in [-0.05, 0) is 93.0 Å². The summed E-state index contributed by atoms with van der Waals surface area (Å²) in [6.45, 7) is 8.21. The molecule has 0 fully saturated rings. The molecule has 1 aliphatic rings. The highest BCUT2D eigenvalue weighted by Gasteiger charge is 2.34. The van der Waals surface area contributed by atoms with Gasteiger partial charge < -0.3 is 9.84 Å². The van der Waals surface area contributed by atoms with E-state index < -0.39 is 0 Å². The number of allylic oxidation sites excluding steroid dienone is 1. The molecule has 0 spiro atoms. The number of aromatic nitrogens is 2. The van der Waals surface area contributed by atoms with Crippen molar-refractivity contribution < 1.29 is 8.91 Å². The molecule has 4 aromatic rings. The third kappa shape index (κ3) is 4.47. The summed E-state index contributed by atoms with van der Waals surface area (Å²) in [5.41, 5.74) is 7.88. The smallest absolute Gasteiger partial charge is 0.258 e. The molecule has 0 bridgehead atoms. The van der Waals surface area contributed by atoms with Crippen LogP contribution >= 0.6 is 12.2 Å². The average molecular weight is 485 g/mol. The highest BCUT2D eigenvalue weighted by atomic mass is 32.1. The maximum atomic E-state index is 13.4. The standard InChI is InChI=1S/C28H25FN4OS/c1-16-5-7-20(8-6-16)25-24(27-31-26(32-34-27)21-9-11-22(29)12-10-21)19(4)33(28(35)30-25)23-14-17(2)13-18(3)15-23/h5-15,25H,1-4H3,(H,30,35). The van der Waals surface area contributed by atoms with Gasteiger partial charge in [0.1, 0.15) is 5.82 Å². The quantitative estimate of drug-likeness (QED) is 0.327. The Balaban J connectivity index is 1.66. The van der Waals surface area contributed by atoms with Gasteiger partial charge >= 0.3 is 0 Å². The molecule has 1 aromatic heterocycles.